The van der Waals surface area contributed by atoms with Crippen LogP contribution in [-0.4, -0.2) is 47.5 Å². The average Bonchev–Trinajstić information content (AvgIpc) is 2.63. The summed E-state index contributed by atoms with van der Waals surface area (Å²) in [5.74, 6) is -1.02. The number of carbonyl (C=O) groups is 2. The highest BCUT2D eigenvalue weighted by Crippen LogP contribution is 2.23. The first-order chi connectivity index (χ1) is 12.4. The molecular formula is C17H21N3O5S. The number of ether oxygens (including phenoxy) is 2. The molecule has 26 heavy (non-hydrogen) atoms. The Morgan fingerprint density at radius 2 is 2.08 bits per heavy atom. The molecule has 0 fully saturated rings. The van der Waals surface area contributed by atoms with Crippen LogP contribution in [0.2, 0.25) is 0 Å². The van der Waals surface area contributed by atoms with E-state index in [1.807, 2.05) is 0 Å². The predicted molar refractivity (Wildman–Crippen MR) is 98.3 cm³/mol. The largest absolute Gasteiger partial charge is 0.465 e. The minimum atomic E-state index is -0.559. The Hall–Kier alpha value is -2.39. The van der Waals surface area contributed by atoms with Gasteiger partial charge in [-0.15, -0.1) is 0 Å². The van der Waals surface area contributed by atoms with Gasteiger partial charge in [0.15, 0.2) is 5.16 Å². The Balaban J connectivity index is 2.57. The van der Waals surface area contributed by atoms with E-state index in [9.17, 15) is 14.4 Å². The number of carbonyl (C=O) groups excluding carboxylic acids is 2. The number of nitrogens with two attached hydrogens (primary N) is 1. The maximum atomic E-state index is 12.9. The van der Waals surface area contributed by atoms with E-state index in [4.69, 9.17) is 15.2 Å². The first-order valence-corrected chi connectivity index (χ1v) is 8.84. The lowest BCUT2D eigenvalue weighted by Crippen LogP contribution is -2.27. The molecule has 0 saturated heterocycles. The molecule has 1 amide bonds. The van der Waals surface area contributed by atoms with Crippen molar-refractivity contribution in [2.75, 3.05) is 20.8 Å². The number of methoxy groups -OCH3 is 2. The fourth-order valence-electron chi connectivity index (χ4n) is 2.32. The molecule has 0 bridgehead atoms. The van der Waals surface area contributed by atoms with Gasteiger partial charge < -0.3 is 15.2 Å². The van der Waals surface area contributed by atoms with E-state index in [1.54, 1.807) is 20.1 Å². The van der Waals surface area contributed by atoms with Gasteiger partial charge >= 0.3 is 5.97 Å². The number of rotatable bonds is 8. The van der Waals surface area contributed by atoms with Gasteiger partial charge in [0.1, 0.15) is 0 Å². The summed E-state index contributed by atoms with van der Waals surface area (Å²) in [6.45, 7) is 2.52. The molecule has 9 heteroatoms. The van der Waals surface area contributed by atoms with Crippen LogP contribution in [0.4, 0.5) is 0 Å². The second-order valence-electron chi connectivity index (χ2n) is 5.58. The first kappa shape index (κ1) is 19.9. The zero-order chi connectivity index (χ0) is 19.3. The summed E-state index contributed by atoms with van der Waals surface area (Å²) in [6, 6.07) is 4.58. The number of hydrogen-bond donors (Lipinski definition) is 1. The fourth-order valence-corrected chi connectivity index (χ4v) is 3.20. The summed E-state index contributed by atoms with van der Waals surface area (Å²) in [6.07, 6.45) is 0.613. The Labute approximate surface area is 154 Å². The number of fused-ring (bicyclic) bond motifs is 1. The van der Waals surface area contributed by atoms with Crippen molar-refractivity contribution in [3.8, 4) is 0 Å². The number of nitrogens with zero attached hydrogens (tertiary/aromatic N) is 2. The van der Waals surface area contributed by atoms with E-state index in [0.29, 0.717) is 41.2 Å². The van der Waals surface area contributed by atoms with Crippen molar-refractivity contribution in [1.29, 1.82) is 0 Å². The van der Waals surface area contributed by atoms with E-state index in [2.05, 4.69) is 4.98 Å². The fraction of sp³-hybridized carbons (Fsp3) is 0.412. The summed E-state index contributed by atoms with van der Waals surface area (Å²) in [5, 5.41) is 0.190. The van der Waals surface area contributed by atoms with Crippen molar-refractivity contribution in [1.82, 2.24) is 9.55 Å². The number of primary amides is 1. The molecule has 2 aromatic rings. The molecule has 1 heterocycles. The Morgan fingerprint density at radius 3 is 2.69 bits per heavy atom. The lowest BCUT2D eigenvalue weighted by Gasteiger charge is -2.15. The summed E-state index contributed by atoms with van der Waals surface area (Å²) < 4.78 is 11.2. The van der Waals surface area contributed by atoms with Crippen molar-refractivity contribution >= 4 is 34.5 Å². The molecule has 0 radical (unpaired) electrons. The monoisotopic (exact) mass is 379 g/mol. The SMILES string of the molecule is COCCCn1c(S[C@@H](C)C(N)=O)nc2cc(C(=O)OC)ccc2c1=O. The van der Waals surface area contributed by atoms with Gasteiger partial charge in [0.2, 0.25) is 5.91 Å². The van der Waals surface area contributed by atoms with Gasteiger partial charge in [-0.3, -0.25) is 14.2 Å². The highest BCUT2D eigenvalue weighted by molar-refractivity contribution is 8.00. The van der Waals surface area contributed by atoms with E-state index in [1.165, 1.54) is 23.8 Å². The molecule has 0 aliphatic rings. The molecule has 2 N–H and O–H groups in total. The molecule has 0 aliphatic carbocycles. The Kier molecular flexibility index (Phi) is 6.76. The number of esters is 1. The van der Waals surface area contributed by atoms with Crippen molar-refractivity contribution in [3.63, 3.8) is 0 Å². The number of aromatic nitrogens is 2. The lowest BCUT2D eigenvalue weighted by molar-refractivity contribution is -0.117. The van der Waals surface area contributed by atoms with Crippen LogP contribution in [-0.2, 0) is 20.8 Å². The minimum absolute atomic E-state index is 0.248. The number of hydrogen-bond acceptors (Lipinski definition) is 7. The second kappa shape index (κ2) is 8.81. The van der Waals surface area contributed by atoms with Gasteiger partial charge in [0, 0.05) is 20.3 Å². The molecule has 0 unspecified atom stereocenters. The average molecular weight is 379 g/mol. The number of thioether (sulfide) groups is 1. The molecule has 0 aliphatic heterocycles. The quantitative estimate of drug-likeness (QED) is 0.317. The highest BCUT2D eigenvalue weighted by Gasteiger charge is 2.18. The summed E-state index contributed by atoms with van der Waals surface area (Å²) >= 11 is 1.11. The topological polar surface area (TPSA) is 114 Å². The molecule has 140 valence electrons. The molecule has 2 rings (SSSR count). The maximum Gasteiger partial charge on any atom is 0.337 e. The van der Waals surface area contributed by atoms with Gasteiger partial charge in [0.25, 0.3) is 5.56 Å². The van der Waals surface area contributed by atoms with Gasteiger partial charge in [-0.2, -0.15) is 0 Å². The van der Waals surface area contributed by atoms with Crippen molar-refractivity contribution in [3.05, 3.63) is 34.1 Å². The third-order valence-electron chi connectivity index (χ3n) is 3.75. The number of benzene rings is 1. The van der Waals surface area contributed by atoms with Gasteiger partial charge in [-0.05, 0) is 31.5 Å². The third-order valence-corrected chi connectivity index (χ3v) is 4.86. The number of amides is 1. The highest BCUT2D eigenvalue weighted by atomic mass is 32.2. The van der Waals surface area contributed by atoms with Crippen LogP contribution in [0.15, 0.2) is 28.2 Å². The minimum Gasteiger partial charge on any atom is -0.465 e. The van der Waals surface area contributed by atoms with Gasteiger partial charge in [0.05, 0.1) is 28.8 Å². The zero-order valence-electron chi connectivity index (χ0n) is 14.9. The molecule has 0 spiro atoms. The van der Waals surface area contributed by atoms with Crippen molar-refractivity contribution in [2.24, 2.45) is 5.73 Å². The normalized spacial score (nSPS) is 12.1. The van der Waals surface area contributed by atoms with Gasteiger partial charge in [-0.1, -0.05) is 11.8 Å². The molecule has 1 aromatic heterocycles. The van der Waals surface area contributed by atoms with Crippen molar-refractivity contribution < 1.29 is 19.1 Å². The van der Waals surface area contributed by atoms with Crippen LogP contribution in [0.5, 0.6) is 0 Å². The first-order valence-electron chi connectivity index (χ1n) is 7.96. The Bertz CT molecular complexity index is 881. The van der Waals surface area contributed by atoms with E-state index < -0.39 is 17.1 Å². The Morgan fingerprint density at radius 1 is 1.35 bits per heavy atom. The van der Waals surface area contributed by atoms with Crippen LogP contribution < -0.4 is 11.3 Å². The van der Waals surface area contributed by atoms with Crippen LogP contribution >= 0.6 is 11.8 Å². The predicted octanol–water partition coefficient (Wildman–Crippen LogP) is 1.19. The van der Waals surface area contributed by atoms with E-state index in [0.717, 1.165) is 11.8 Å². The molecule has 1 atom stereocenters. The summed E-state index contributed by atoms with van der Waals surface area (Å²) in [4.78, 5) is 40.5. The van der Waals surface area contributed by atoms with E-state index >= 15 is 0 Å². The summed E-state index contributed by atoms with van der Waals surface area (Å²) in [7, 11) is 2.87. The molecular weight excluding hydrogens is 358 g/mol. The van der Waals surface area contributed by atoms with Crippen molar-refractivity contribution in [2.45, 2.75) is 30.3 Å². The maximum absolute atomic E-state index is 12.9. The lowest BCUT2D eigenvalue weighted by atomic mass is 10.1. The van der Waals surface area contributed by atoms with E-state index in [-0.39, 0.29) is 5.56 Å². The molecule has 0 saturated carbocycles. The smallest absolute Gasteiger partial charge is 0.337 e. The second-order valence-corrected chi connectivity index (χ2v) is 6.89. The van der Waals surface area contributed by atoms with Crippen LogP contribution in [0.25, 0.3) is 10.9 Å². The zero-order valence-corrected chi connectivity index (χ0v) is 15.7. The van der Waals surface area contributed by atoms with Crippen LogP contribution in [0.1, 0.15) is 23.7 Å². The standard InChI is InChI=1S/C17H21N3O5S/c1-10(14(18)21)26-17-19-13-9-11(16(23)25-3)5-6-12(13)15(22)20(17)7-4-8-24-2/h5-6,9-10H,4,7-8H2,1-3H3,(H2,18,21)/t10-/m0/s1. The summed E-state index contributed by atoms with van der Waals surface area (Å²) in [5.41, 5.74) is 5.74. The van der Waals surface area contributed by atoms with Crippen LogP contribution in [0, 0.1) is 0 Å². The van der Waals surface area contributed by atoms with Crippen LogP contribution in [0.3, 0.4) is 0 Å². The van der Waals surface area contributed by atoms with Gasteiger partial charge in [-0.25, -0.2) is 9.78 Å². The molecule has 8 nitrogen and oxygen atoms in total. The molecule has 1 aromatic carbocycles. The third kappa shape index (κ3) is 4.41.